The van der Waals surface area contributed by atoms with Crippen LogP contribution in [0.4, 0.5) is 5.69 Å². The number of nitrogens with zero attached hydrogens (tertiary/aromatic N) is 2. The zero-order valence-corrected chi connectivity index (χ0v) is 12.9. The number of sulfone groups is 1. The van der Waals surface area contributed by atoms with Crippen LogP contribution in [0.15, 0.2) is 32.3 Å². The van der Waals surface area contributed by atoms with Crippen molar-refractivity contribution in [3.8, 4) is 0 Å². The first-order valence-electron chi connectivity index (χ1n) is 5.50. The molecular weight excluding hydrogens is 302 g/mol. The average Bonchev–Trinajstić information content (AvgIpc) is 2.78. The molecule has 0 aliphatic heterocycles. The van der Waals surface area contributed by atoms with E-state index >= 15 is 0 Å². The van der Waals surface area contributed by atoms with Gasteiger partial charge in [0.15, 0.2) is 14.2 Å². The minimum atomic E-state index is -3.23. The van der Waals surface area contributed by atoms with Crippen LogP contribution in [0.25, 0.3) is 0 Å². The van der Waals surface area contributed by atoms with E-state index in [1.54, 1.807) is 12.1 Å². The van der Waals surface area contributed by atoms with E-state index in [1.165, 1.54) is 29.4 Å². The van der Waals surface area contributed by atoms with Crippen LogP contribution in [0.5, 0.6) is 0 Å². The summed E-state index contributed by atoms with van der Waals surface area (Å²) in [4.78, 5) is 5.34. The predicted octanol–water partition coefficient (Wildman–Crippen LogP) is 2.24. The van der Waals surface area contributed by atoms with Crippen molar-refractivity contribution in [2.75, 3.05) is 12.0 Å². The van der Waals surface area contributed by atoms with Gasteiger partial charge in [-0.1, -0.05) is 18.7 Å². The number of aromatic nitrogens is 2. The van der Waals surface area contributed by atoms with Crippen molar-refractivity contribution in [1.29, 1.82) is 0 Å². The topological polar surface area (TPSA) is 85.9 Å². The lowest BCUT2D eigenvalue weighted by atomic mass is 10.3. The first-order chi connectivity index (χ1) is 8.90. The largest absolute Gasteiger partial charge is 0.398 e. The standard InChI is InChI=1S/C11H13N3O2S3/c1-3-10-13-11(18-14-10)17-9-5-4-7(6-8(9)12)19(2,15)16/h4-6H,3,12H2,1-2H3. The van der Waals surface area contributed by atoms with E-state index in [4.69, 9.17) is 5.73 Å². The quantitative estimate of drug-likeness (QED) is 0.871. The Hall–Kier alpha value is -1.12. The molecule has 2 rings (SSSR count). The van der Waals surface area contributed by atoms with Crippen LogP contribution in [-0.4, -0.2) is 24.0 Å². The fourth-order valence-corrected chi connectivity index (χ4v) is 3.71. The minimum absolute atomic E-state index is 0.223. The van der Waals surface area contributed by atoms with E-state index in [0.717, 1.165) is 27.7 Å². The van der Waals surface area contributed by atoms with E-state index in [-0.39, 0.29) is 4.90 Å². The monoisotopic (exact) mass is 315 g/mol. The first kappa shape index (κ1) is 14.3. The van der Waals surface area contributed by atoms with Crippen molar-refractivity contribution in [2.24, 2.45) is 0 Å². The van der Waals surface area contributed by atoms with Crippen LogP contribution >= 0.6 is 23.3 Å². The summed E-state index contributed by atoms with van der Waals surface area (Å²) in [5.41, 5.74) is 6.31. The van der Waals surface area contributed by atoms with Gasteiger partial charge in [0.2, 0.25) is 0 Å². The molecule has 5 nitrogen and oxygen atoms in total. The molecular formula is C11H13N3O2S3. The Bertz CT molecular complexity index is 695. The molecule has 0 bridgehead atoms. The number of nitrogens with two attached hydrogens (primary N) is 1. The molecule has 1 aromatic carbocycles. The van der Waals surface area contributed by atoms with Crippen molar-refractivity contribution in [3.63, 3.8) is 0 Å². The molecule has 0 saturated heterocycles. The molecule has 8 heteroatoms. The Balaban J connectivity index is 2.27. The van der Waals surface area contributed by atoms with E-state index < -0.39 is 9.84 Å². The van der Waals surface area contributed by atoms with Crippen LogP contribution in [0.1, 0.15) is 12.7 Å². The molecule has 1 heterocycles. The normalized spacial score (nSPS) is 11.7. The van der Waals surface area contributed by atoms with Gasteiger partial charge in [0.05, 0.1) is 4.90 Å². The molecule has 19 heavy (non-hydrogen) atoms. The summed E-state index contributed by atoms with van der Waals surface area (Å²) in [5, 5.41) is 0. The maximum atomic E-state index is 11.4. The Morgan fingerprint density at radius 2 is 2.16 bits per heavy atom. The molecule has 0 atom stereocenters. The van der Waals surface area contributed by atoms with Gasteiger partial charge in [0.1, 0.15) is 5.82 Å². The fraction of sp³-hybridized carbons (Fsp3) is 0.273. The Kier molecular flexibility index (Phi) is 4.12. The van der Waals surface area contributed by atoms with Crippen molar-refractivity contribution >= 4 is 38.8 Å². The Morgan fingerprint density at radius 1 is 1.42 bits per heavy atom. The maximum Gasteiger partial charge on any atom is 0.175 e. The predicted molar refractivity (Wildman–Crippen MR) is 77.4 cm³/mol. The molecule has 2 N–H and O–H groups in total. The van der Waals surface area contributed by atoms with E-state index in [2.05, 4.69) is 9.36 Å². The molecule has 2 aromatic rings. The van der Waals surface area contributed by atoms with Crippen LogP contribution in [0.3, 0.4) is 0 Å². The number of aryl methyl sites for hydroxylation is 1. The second kappa shape index (κ2) is 5.48. The number of nitrogen functional groups attached to an aromatic ring is 1. The molecule has 102 valence electrons. The molecule has 0 spiro atoms. The summed E-state index contributed by atoms with van der Waals surface area (Å²) in [6, 6.07) is 4.72. The zero-order chi connectivity index (χ0) is 14.0. The molecule has 1 aromatic heterocycles. The molecule has 0 radical (unpaired) electrons. The summed E-state index contributed by atoms with van der Waals surface area (Å²) in [7, 11) is -3.23. The van der Waals surface area contributed by atoms with Gasteiger partial charge >= 0.3 is 0 Å². The molecule has 0 amide bonds. The van der Waals surface area contributed by atoms with Crippen LogP contribution in [0, 0.1) is 0 Å². The lowest BCUT2D eigenvalue weighted by Crippen LogP contribution is -1.99. The molecule has 0 fully saturated rings. The van der Waals surface area contributed by atoms with E-state index in [1.807, 2.05) is 6.92 Å². The van der Waals surface area contributed by atoms with Crippen molar-refractivity contribution in [1.82, 2.24) is 9.36 Å². The van der Waals surface area contributed by atoms with Gasteiger partial charge in [-0.25, -0.2) is 13.4 Å². The van der Waals surface area contributed by atoms with Crippen molar-refractivity contribution in [2.45, 2.75) is 27.5 Å². The fourth-order valence-electron chi connectivity index (χ4n) is 1.37. The highest BCUT2D eigenvalue weighted by molar-refractivity contribution is 8.01. The second-order valence-electron chi connectivity index (χ2n) is 3.90. The number of hydrogen-bond acceptors (Lipinski definition) is 7. The lowest BCUT2D eigenvalue weighted by molar-refractivity contribution is 0.602. The van der Waals surface area contributed by atoms with Crippen molar-refractivity contribution in [3.05, 3.63) is 24.0 Å². The second-order valence-corrected chi connectivity index (χ2v) is 7.96. The van der Waals surface area contributed by atoms with Gasteiger partial charge in [0.25, 0.3) is 0 Å². The number of hydrogen-bond donors (Lipinski definition) is 1. The van der Waals surface area contributed by atoms with Gasteiger partial charge < -0.3 is 5.73 Å². The number of anilines is 1. The summed E-state index contributed by atoms with van der Waals surface area (Å²) in [6.07, 6.45) is 1.95. The zero-order valence-electron chi connectivity index (χ0n) is 10.5. The summed E-state index contributed by atoms with van der Waals surface area (Å²) < 4.78 is 27.8. The highest BCUT2D eigenvalue weighted by atomic mass is 32.2. The van der Waals surface area contributed by atoms with Gasteiger partial charge in [-0.3, -0.25) is 0 Å². The minimum Gasteiger partial charge on any atom is -0.398 e. The SMILES string of the molecule is CCc1nsc(Sc2ccc(S(C)(=O)=O)cc2N)n1. The number of benzene rings is 1. The lowest BCUT2D eigenvalue weighted by Gasteiger charge is -2.05. The van der Waals surface area contributed by atoms with Crippen LogP contribution < -0.4 is 5.73 Å². The maximum absolute atomic E-state index is 11.4. The third kappa shape index (κ3) is 3.46. The summed E-state index contributed by atoms with van der Waals surface area (Å²) in [6.45, 7) is 1.99. The molecule has 0 aliphatic carbocycles. The molecule has 0 aliphatic rings. The van der Waals surface area contributed by atoms with E-state index in [0.29, 0.717) is 5.69 Å². The first-order valence-corrected chi connectivity index (χ1v) is 8.98. The number of rotatable bonds is 4. The highest BCUT2D eigenvalue weighted by Gasteiger charge is 2.12. The smallest absolute Gasteiger partial charge is 0.175 e. The molecule has 0 unspecified atom stereocenters. The third-order valence-electron chi connectivity index (χ3n) is 2.37. The van der Waals surface area contributed by atoms with Gasteiger partial charge in [-0.15, -0.1) is 0 Å². The summed E-state index contributed by atoms with van der Waals surface area (Å²) in [5.74, 6) is 0.804. The third-order valence-corrected chi connectivity index (χ3v) is 5.36. The Labute approximate surface area is 120 Å². The summed E-state index contributed by atoms with van der Waals surface area (Å²) >= 11 is 2.71. The average molecular weight is 315 g/mol. The molecule has 0 saturated carbocycles. The van der Waals surface area contributed by atoms with Crippen molar-refractivity contribution < 1.29 is 8.42 Å². The van der Waals surface area contributed by atoms with Crippen LogP contribution in [-0.2, 0) is 16.3 Å². The highest BCUT2D eigenvalue weighted by Crippen LogP contribution is 2.34. The van der Waals surface area contributed by atoms with Gasteiger partial charge in [-0.2, -0.15) is 4.37 Å². The van der Waals surface area contributed by atoms with Gasteiger partial charge in [-0.05, 0) is 29.7 Å². The van der Waals surface area contributed by atoms with Crippen LogP contribution in [0.2, 0.25) is 0 Å². The van der Waals surface area contributed by atoms with Gasteiger partial charge in [0, 0.05) is 23.3 Å². The van der Waals surface area contributed by atoms with E-state index in [9.17, 15) is 8.42 Å². The Morgan fingerprint density at radius 3 is 2.68 bits per heavy atom.